The predicted molar refractivity (Wildman–Crippen MR) is 80.2 cm³/mol. The van der Waals surface area contributed by atoms with E-state index in [0.29, 0.717) is 12.2 Å². The van der Waals surface area contributed by atoms with Crippen molar-refractivity contribution in [3.05, 3.63) is 80.0 Å². The number of allylic oxidation sites excluding steroid dienone is 1. The molecule has 2 nitrogen and oxygen atoms in total. The average Bonchev–Trinajstić information content (AvgIpc) is 2.55. The number of hydrogen-bond donors (Lipinski definition) is 0. The van der Waals surface area contributed by atoms with Gasteiger partial charge in [-0.1, -0.05) is 36.4 Å². The van der Waals surface area contributed by atoms with E-state index in [4.69, 9.17) is 4.74 Å². The van der Waals surface area contributed by atoms with Gasteiger partial charge in [0, 0.05) is 0 Å². The third kappa shape index (κ3) is 6.12. The molecule has 3 heteroatoms. The van der Waals surface area contributed by atoms with Crippen LogP contribution in [-0.2, 0) is 4.74 Å². The Morgan fingerprint density at radius 3 is 2.38 bits per heavy atom. The minimum absolute atomic E-state index is 0.0334. The molecular formula is C18H18IO2+. The summed E-state index contributed by atoms with van der Waals surface area (Å²) in [5.41, 5.74) is 0.614. The maximum atomic E-state index is 11.7. The quantitative estimate of drug-likeness (QED) is 0.400. The van der Waals surface area contributed by atoms with E-state index >= 15 is 0 Å². The van der Waals surface area contributed by atoms with Crippen LogP contribution in [0.1, 0.15) is 23.2 Å². The third-order valence-corrected chi connectivity index (χ3v) is 5.08. The molecule has 0 unspecified atom stereocenters. The maximum absolute atomic E-state index is 11.7. The van der Waals surface area contributed by atoms with Gasteiger partial charge >= 0.3 is 27.2 Å². The molecule has 2 aromatic carbocycles. The van der Waals surface area contributed by atoms with Crippen LogP contribution in [0.5, 0.6) is 0 Å². The molecule has 0 fully saturated rings. The molecule has 0 radical (unpaired) electrons. The number of unbranched alkanes of at least 4 members (excludes halogenated alkanes) is 1. The molecule has 2 aromatic rings. The highest BCUT2D eigenvalue weighted by molar-refractivity contribution is 5.89. The van der Waals surface area contributed by atoms with Gasteiger partial charge in [-0.05, 0) is 43.2 Å². The van der Waals surface area contributed by atoms with Crippen LogP contribution in [0.4, 0.5) is 0 Å². The summed E-state index contributed by atoms with van der Waals surface area (Å²) in [6.45, 7) is 0.474. The summed E-state index contributed by atoms with van der Waals surface area (Å²) in [5, 5.41) is 0. The molecule has 0 saturated carbocycles. The van der Waals surface area contributed by atoms with Crippen LogP contribution in [0, 0.1) is 3.57 Å². The lowest BCUT2D eigenvalue weighted by molar-refractivity contribution is -0.557. The maximum Gasteiger partial charge on any atom is 0.349 e. The van der Waals surface area contributed by atoms with Crippen molar-refractivity contribution in [2.45, 2.75) is 12.8 Å². The number of hydrogen-bond acceptors (Lipinski definition) is 2. The lowest BCUT2D eigenvalue weighted by Crippen LogP contribution is -3.59. The molecule has 0 N–H and O–H groups in total. The fourth-order valence-electron chi connectivity index (χ4n) is 1.69. The summed E-state index contributed by atoms with van der Waals surface area (Å²) < 4.78 is 8.92. The highest BCUT2D eigenvalue weighted by Gasteiger charge is 2.06. The smallest absolute Gasteiger partial charge is 0.349 e. The first-order chi connectivity index (χ1) is 10.4. The Hall–Kier alpha value is -1.62. The van der Waals surface area contributed by atoms with Crippen LogP contribution >= 0.6 is 0 Å². The predicted octanol–water partition coefficient (Wildman–Crippen LogP) is 1.10. The van der Waals surface area contributed by atoms with E-state index in [0.717, 1.165) is 12.8 Å². The van der Waals surface area contributed by atoms with Crippen molar-refractivity contribution in [3.63, 3.8) is 0 Å². The van der Waals surface area contributed by atoms with Crippen molar-refractivity contribution in [2.75, 3.05) is 6.61 Å². The zero-order valence-electron chi connectivity index (χ0n) is 11.7. The largest absolute Gasteiger partial charge is 0.462 e. The van der Waals surface area contributed by atoms with Gasteiger partial charge in [0.05, 0.1) is 12.2 Å². The molecule has 0 aliphatic carbocycles. The molecule has 0 aromatic heterocycles. The van der Waals surface area contributed by atoms with E-state index in [1.54, 1.807) is 12.1 Å². The van der Waals surface area contributed by atoms with Gasteiger partial charge in [-0.3, -0.25) is 0 Å². The average molecular weight is 393 g/mol. The van der Waals surface area contributed by atoms with Crippen LogP contribution < -0.4 is 21.2 Å². The number of carbonyl (C=O) groups excluding carboxylic acids is 1. The second-order valence-electron chi connectivity index (χ2n) is 4.41. The summed E-state index contributed by atoms with van der Waals surface area (Å²) >= 11 is -0.0334. The number of halogens is 1. The number of rotatable bonds is 7. The SMILES string of the molecule is O=C(OCCC/C=C/[I+]c1ccccc1)c1ccccc1. The van der Waals surface area contributed by atoms with E-state index in [1.807, 2.05) is 24.3 Å². The standard InChI is InChI=1S/C18H18IO2/c20-18(16-10-4-1-5-11-16)21-15-9-3-8-14-19-17-12-6-2-7-13-17/h1-2,4-8,10-14H,3,9,15H2/q+1/b14-8+. The molecule has 0 saturated heterocycles. The van der Waals surface area contributed by atoms with E-state index in [9.17, 15) is 4.79 Å². The topological polar surface area (TPSA) is 26.3 Å². The zero-order chi connectivity index (χ0) is 14.8. The normalized spacial score (nSPS) is 10.7. The Labute approximate surface area is 136 Å². The second-order valence-corrected chi connectivity index (χ2v) is 7.00. The molecule has 0 spiro atoms. The number of benzene rings is 2. The van der Waals surface area contributed by atoms with Crippen LogP contribution in [0.3, 0.4) is 0 Å². The highest BCUT2D eigenvalue weighted by Crippen LogP contribution is 2.02. The highest BCUT2D eigenvalue weighted by atomic mass is 127. The Kier molecular flexibility index (Phi) is 7.01. The monoisotopic (exact) mass is 393 g/mol. The summed E-state index contributed by atoms with van der Waals surface area (Å²) in [6, 6.07) is 19.6. The third-order valence-electron chi connectivity index (χ3n) is 2.77. The van der Waals surface area contributed by atoms with Crippen LogP contribution in [0.25, 0.3) is 0 Å². The first-order valence-electron chi connectivity index (χ1n) is 6.92. The lowest BCUT2D eigenvalue weighted by atomic mass is 10.2. The molecule has 0 amide bonds. The number of ether oxygens (including phenoxy) is 1. The molecule has 0 atom stereocenters. The van der Waals surface area contributed by atoms with Gasteiger partial charge in [-0.2, -0.15) is 0 Å². The van der Waals surface area contributed by atoms with Crippen molar-refractivity contribution in [1.29, 1.82) is 0 Å². The molecule has 0 aliphatic rings. The molecular weight excluding hydrogens is 375 g/mol. The van der Waals surface area contributed by atoms with Crippen LogP contribution in [0.15, 0.2) is 70.8 Å². The summed E-state index contributed by atoms with van der Waals surface area (Å²) in [7, 11) is 0. The van der Waals surface area contributed by atoms with Gasteiger partial charge < -0.3 is 4.74 Å². The molecule has 21 heavy (non-hydrogen) atoms. The number of esters is 1. The minimum atomic E-state index is -0.240. The minimum Gasteiger partial charge on any atom is -0.462 e. The van der Waals surface area contributed by atoms with Gasteiger partial charge in [0.25, 0.3) is 0 Å². The van der Waals surface area contributed by atoms with Gasteiger partial charge in [0.2, 0.25) is 0 Å². The Morgan fingerprint density at radius 1 is 1.00 bits per heavy atom. The van der Waals surface area contributed by atoms with Gasteiger partial charge in [0.1, 0.15) is 0 Å². The Bertz CT molecular complexity index is 564. The Balaban J connectivity index is 1.59. The van der Waals surface area contributed by atoms with E-state index in [2.05, 4.69) is 34.4 Å². The summed E-state index contributed by atoms with van der Waals surface area (Å²) in [5.74, 6) is -0.240. The molecule has 0 aliphatic heterocycles. The van der Waals surface area contributed by atoms with Crippen molar-refractivity contribution < 1.29 is 30.7 Å². The van der Waals surface area contributed by atoms with Gasteiger partial charge in [0.15, 0.2) is 7.65 Å². The fraction of sp³-hybridized carbons (Fsp3) is 0.167. The van der Waals surface area contributed by atoms with Gasteiger partial charge in [-0.15, -0.1) is 0 Å². The summed E-state index contributed by atoms with van der Waals surface area (Å²) in [4.78, 5) is 11.7. The molecule has 0 heterocycles. The molecule has 2 rings (SSSR count). The zero-order valence-corrected chi connectivity index (χ0v) is 13.9. The van der Waals surface area contributed by atoms with Gasteiger partial charge in [-0.25, -0.2) is 4.79 Å². The molecule has 0 bridgehead atoms. The van der Waals surface area contributed by atoms with Crippen molar-refractivity contribution in [3.8, 4) is 0 Å². The van der Waals surface area contributed by atoms with E-state index < -0.39 is 0 Å². The second kappa shape index (κ2) is 9.34. The van der Waals surface area contributed by atoms with Crippen molar-refractivity contribution in [1.82, 2.24) is 0 Å². The molecule has 108 valence electrons. The first-order valence-corrected chi connectivity index (χ1v) is 9.24. The van der Waals surface area contributed by atoms with Crippen LogP contribution in [-0.4, -0.2) is 12.6 Å². The van der Waals surface area contributed by atoms with E-state index in [1.165, 1.54) is 3.57 Å². The first kappa shape index (κ1) is 15.8. The van der Waals surface area contributed by atoms with Crippen molar-refractivity contribution >= 4 is 5.97 Å². The van der Waals surface area contributed by atoms with Crippen LogP contribution in [0.2, 0.25) is 0 Å². The lowest BCUT2D eigenvalue weighted by Gasteiger charge is -2.02. The fourth-order valence-corrected chi connectivity index (χ4v) is 3.55. The van der Waals surface area contributed by atoms with E-state index in [-0.39, 0.29) is 27.2 Å². The Morgan fingerprint density at radius 2 is 1.67 bits per heavy atom. The summed E-state index contributed by atoms with van der Waals surface area (Å²) in [6.07, 6.45) is 4.01. The van der Waals surface area contributed by atoms with Crippen molar-refractivity contribution in [2.24, 2.45) is 0 Å². The number of carbonyl (C=O) groups is 1.